The van der Waals surface area contributed by atoms with E-state index in [2.05, 4.69) is 30.9 Å². The van der Waals surface area contributed by atoms with Crippen molar-refractivity contribution in [2.75, 3.05) is 38.2 Å². The van der Waals surface area contributed by atoms with E-state index in [9.17, 15) is 14.4 Å². The fourth-order valence-electron chi connectivity index (χ4n) is 6.14. The molecule has 45 heavy (non-hydrogen) atoms. The van der Waals surface area contributed by atoms with E-state index in [1.807, 2.05) is 63.1 Å². The number of primary amides is 1. The smallest absolute Gasteiger partial charge is 0.410 e. The van der Waals surface area contributed by atoms with E-state index >= 15 is 0 Å². The molecule has 0 radical (unpaired) electrons. The van der Waals surface area contributed by atoms with E-state index in [1.54, 1.807) is 4.90 Å². The molecule has 2 fully saturated rings. The molecule has 0 unspecified atom stereocenters. The monoisotopic (exact) mass is 622 g/mol. The Hall–Kier alpha value is -3.79. The minimum absolute atomic E-state index is 0.0325. The minimum atomic E-state index is -0.773. The van der Waals surface area contributed by atoms with Crippen LogP contribution >= 0.6 is 0 Å². The number of piperazine rings is 1. The van der Waals surface area contributed by atoms with E-state index in [0.717, 1.165) is 67.9 Å². The number of rotatable bonds is 9. The summed E-state index contributed by atoms with van der Waals surface area (Å²) in [7, 11) is 1.87. The second kappa shape index (κ2) is 15.0. The lowest BCUT2D eigenvalue weighted by Gasteiger charge is -2.40. The number of hydrogen-bond donors (Lipinski definition) is 1. The fourth-order valence-corrected chi connectivity index (χ4v) is 6.14. The van der Waals surface area contributed by atoms with Crippen LogP contribution in [0, 0.1) is 12.8 Å². The van der Waals surface area contributed by atoms with Crippen molar-refractivity contribution in [2.45, 2.75) is 91.0 Å². The van der Waals surface area contributed by atoms with Crippen molar-refractivity contribution in [3.05, 3.63) is 59.2 Å². The van der Waals surface area contributed by atoms with Gasteiger partial charge in [-0.25, -0.2) is 9.59 Å². The number of nitrogens with two attached hydrogens (primary N) is 1. The number of carbonyl (C=O) groups is 3. The van der Waals surface area contributed by atoms with Gasteiger partial charge >= 0.3 is 12.2 Å². The van der Waals surface area contributed by atoms with Gasteiger partial charge in [0.25, 0.3) is 0 Å². The molecule has 1 atom stereocenters. The molecule has 1 aliphatic heterocycles. The fraction of sp³-hybridized carbons (Fsp3) is 0.571. The molecule has 1 saturated heterocycles. The zero-order valence-corrected chi connectivity index (χ0v) is 27.7. The Morgan fingerprint density at radius 1 is 1.02 bits per heavy atom. The highest BCUT2D eigenvalue weighted by molar-refractivity contribution is 5.94. The highest BCUT2D eigenvalue weighted by Gasteiger charge is 2.32. The van der Waals surface area contributed by atoms with Gasteiger partial charge in [0.2, 0.25) is 5.91 Å². The Kier molecular flexibility index (Phi) is 11.4. The Balaban J connectivity index is 1.25. The van der Waals surface area contributed by atoms with Crippen LogP contribution < -0.4 is 15.4 Å². The summed E-state index contributed by atoms with van der Waals surface area (Å²) >= 11 is 0. The van der Waals surface area contributed by atoms with Gasteiger partial charge in [-0.1, -0.05) is 18.2 Å². The topological polar surface area (TPSA) is 115 Å². The van der Waals surface area contributed by atoms with Gasteiger partial charge < -0.3 is 29.7 Å². The first kappa shape index (κ1) is 34.1. The van der Waals surface area contributed by atoms with Crippen LogP contribution in [0.15, 0.2) is 42.5 Å². The molecule has 1 heterocycles. The summed E-state index contributed by atoms with van der Waals surface area (Å²) in [5.74, 6) is 0.896. The van der Waals surface area contributed by atoms with E-state index in [4.69, 9.17) is 19.9 Å². The third-order valence-corrected chi connectivity index (χ3v) is 8.64. The highest BCUT2D eigenvalue weighted by Crippen LogP contribution is 2.31. The number of amides is 3. The highest BCUT2D eigenvalue weighted by atomic mass is 16.6. The van der Waals surface area contributed by atoms with Crippen LogP contribution in [0.2, 0.25) is 0 Å². The zero-order chi connectivity index (χ0) is 32.7. The zero-order valence-electron chi connectivity index (χ0n) is 27.7. The third-order valence-electron chi connectivity index (χ3n) is 8.64. The molecular formula is C35H50N4O6. The predicted octanol–water partition coefficient (Wildman–Crippen LogP) is 5.67. The van der Waals surface area contributed by atoms with Gasteiger partial charge in [0.15, 0.2) is 0 Å². The lowest BCUT2D eigenvalue weighted by Crippen LogP contribution is -2.54. The molecular weight excluding hydrogens is 572 g/mol. The lowest BCUT2D eigenvalue weighted by molar-refractivity contribution is -0.123. The molecule has 0 aromatic heterocycles. The first-order valence-electron chi connectivity index (χ1n) is 16.1. The molecule has 2 aromatic carbocycles. The Labute approximate surface area is 267 Å². The maximum Gasteiger partial charge on any atom is 0.410 e. The van der Waals surface area contributed by atoms with Crippen LogP contribution in [-0.2, 0) is 27.2 Å². The maximum absolute atomic E-state index is 13.5. The predicted molar refractivity (Wildman–Crippen MR) is 174 cm³/mol. The van der Waals surface area contributed by atoms with Crippen LogP contribution in [0.25, 0.3) is 0 Å². The summed E-state index contributed by atoms with van der Waals surface area (Å²) in [5, 5.41) is 0. The standard InChI is InChI=1S/C35H50N4O6/c1-24-20-29(13-10-28(24)23-38-17-18-39(25(2)22-38)34(42)45-35(3,4)5)37(6)32(40)27-11-14-30(15-12-27)44-31-9-7-8-26(21-31)16-19-43-33(36)41/h7-10,13,20-21,25,27,30H,11-12,14-19,22-23H2,1-6H3,(H2,36,41)/t25-,27?,30?/m0/s1. The van der Waals surface area contributed by atoms with Gasteiger partial charge in [0, 0.05) is 57.3 Å². The van der Waals surface area contributed by atoms with Crippen LogP contribution in [0.4, 0.5) is 15.3 Å². The number of carbonyl (C=O) groups excluding carboxylic acids is 3. The van der Waals surface area contributed by atoms with Crippen LogP contribution in [-0.4, -0.2) is 78.9 Å². The van der Waals surface area contributed by atoms with E-state index in [0.29, 0.717) is 13.0 Å². The average molecular weight is 623 g/mol. The molecule has 2 aliphatic rings. The normalized spacial score (nSPS) is 20.8. The molecule has 0 bridgehead atoms. The molecule has 2 N–H and O–H groups in total. The van der Waals surface area contributed by atoms with Crippen LogP contribution in [0.3, 0.4) is 0 Å². The first-order valence-corrected chi connectivity index (χ1v) is 16.1. The molecule has 2 aromatic rings. The van der Waals surface area contributed by atoms with Gasteiger partial charge in [-0.05, 0) is 101 Å². The molecule has 10 nitrogen and oxygen atoms in total. The molecule has 1 saturated carbocycles. The summed E-state index contributed by atoms with van der Waals surface area (Å²) in [4.78, 5) is 42.9. The minimum Gasteiger partial charge on any atom is -0.490 e. The van der Waals surface area contributed by atoms with Crippen molar-refractivity contribution >= 4 is 23.8 Å². The molecule has 0 spiro atoms. The average Bonchev–Trinajstić information content (AvgIpc) is 2.97. The number of nitrogens with zero attached hydrogens (tertiary/aromatic N) is 3. The molecule has 246 valence electrons. The lowest BCUT2D eigenvalue weighted by atomic mass is 9.86. The van der Waals surface area contributed by atoms with Crippen molar-refractivity contribution < 1.29 is 28.6 Å². The molecule has 1 aliphatic carbocycles. The van der Waals surface area contributed by atoms with Crippen molar-refractivity contribution in [1.29, 1.82) is 0 Å². The number of anilines is 1. The Bertz CT molecular complexity index is 1330. The summed E-state index contributed by atoms with van der Waals surface area (Å²) in [6, 6.07) is 14.1. The second-order valence-corrected chi connectivity index (χ2v) is 13.4. The van der Waals surface area contributed by atoms with E-state index in [1.165, 1.54) is 5.56 Å². The largest absolute Gasteiger partial charge is 0.490 e. The third kappa shape index (κ3) is 9.85. The number of hydrogen-bond acceptors (Lipinski definition) is 7. The van der Waals surface area contributed by atoms with Crippen molar-refractivity contribution in [1.82, 2.24) is 9.80 Å². The van der Waals surface area contributed by atoms with Gasteiger partial charge in [-0.2, -0.15) is 0 Å². The molecule has 3 amide bonds. The summed E-state index contributed by atoms with van der Waals surface area (Å²) in [6.07, 6.45) is 2.81. The van der Waals surface area contributed by atoms with Crippen molar-refractivity contribution in [2.24, 2.45) is 11.7 Å². The van der Waals surface area contributed by atoms with E-state index < -0.39 is 11.7 Å². The van der Waals surface area contributed by atoms with Gasteiger partial charge in [0.05, 0.1) is 12.7 Å². The summed E-state index contributed by atoms with van der Waals surface area (Å²) in [6.45, 7) is 13.1. The van der Waals surface area contributed by atoms with Crippen molar-refractivity contribution in [3.8, 4) is 5.75 Å². The van der Waals surface area contributed by atoms with Crippen LogP contribution in [0.1, 0.15) is 70.1 Å². The van der Waals surface area contributed by atoms with Gasteiger partial charge in [-0.15, -0.1) is 0 Å². The maximum atomic E-state index is 13.5. The van der Waals surface area contributed by atoms with Gasteiger partial charge in [0.1, 0.15) is 11.4 Å². The van der Waals surface area contributed by atoms with E-state index in [-0.39, 0.29) is 36.7 Å². The first-order chi connectivity index (χ1) is 21.3. The van der Waals surface area contributed by atoms with Crippen molar-refractivity contribution in [3.63, 3.8) is 0 Å². The number of benzene rings is 2. The quantitative estimate of drug-likeness (QED) is 0.383. The molecule has 4 rings (SSSR count). The SMILES string of the molecule is Cc1cc(N(C)C(=O)C2CCC(Oc3cccc(CCOC(N)=O)c3)CC2)ccc1CN1CCN(C(=O)OC(C)(C)C)[C@@H](C)C1. The second-order valence-electron chi connectivity index (χ2n) is 13.4. The Morgan fingerprint density at radius 3 is 2.40 bits per heavy atom. The Morgan fingerprint density at radius 2 is 1.76 bits per heavy atom. The molecule has 10 heteroatoms. The van der Waals surface area contributed by atoms with Gasteiger partial charge in [-0.3, -0.25) is 9.69 Å². The summed E-state index contributed by atoms with van der Waals surface area (Å²) in [5.41, 5.74) is 8.82. The number of aryl methyl sites for hydroxylation is 1. The summed E-state index contributed by atoms with van der Waals surface area (Å²) < 4.78 is 16.7. The number of ether oxygens (including phenoxy) is 3. The van der Waals surface area contributed by atoms with Crippen LogP contribution in [0.5, 0.6) is 5.75 Å².